The van der Waals surface area contributed by atoms with E-state index >= 15 is 0 Å². The summed E-state index contributed by atoms with van der Waals surface area (Å²) in [6, 6.07) is 7.15. The van der Waals surface area contributed by atoms with E-state index in [2.05, 4.69) is 17.1 Å². The molecule has 3 rings (SSSR count). The van der Waals surface area contributed by atoms with Crippen LogP contribution in [0.2, 0.25) is 0 Å². The summed E-state index contributed by atoms with van der Waals surface area (Å²) < 4.78 is 11.1. The van der Waals surface area contributed by atoms with Gasteiger partial charge >= 0.3 is 6.09 Å². The Morgan fingerprint density at radius 2 is 1.65 bits per heavy atom. The first kappa shape index (κ1) is 26.0. The highest BCUT2D eigenvalue weighted by Gasteiger charge is 2.30. The van der Waals surface area contributed by atoms with Crippen LogP contribution in [-0.2, 0) is 9.53 Å². The van der Waals surface area contributed by atoms with Crippen LogP contribution >= 0.6 is 0 Å². The standard InChI is InChI=1S/C26H39N3O5/c1-18(12-17-33-22-10-8-21(9-11-22)23(30)20-6-7-20)28-13-15-29(16-14-28)24(31)19(2)27-25(32)34-26(3,4)5/h8-11,18-20H,6-7,12-17H2,1-5H3,(H,27,32)/t18-,19+/m0/s1. The van der Waals surface area contributed by atoms with Crippen molar-refractivity contribution in [2.45, 2.75) is 71.6 Å². The lowest BCUT2D eigenvalue weighted by molar-refractivity contribution is -0.135. The highest BCUT2D eigenvalue weighted by molar-refractivity contribution is 5.99. The van der Waals surface area contributed by atoms with Crippen molar-refractivity contribution in [1.29, 1.82) is 0 Å². The fourth-order valence-corrected chi connectivity index (χ4v) is 4.03. The van der Waals surface area contributed by atoms with Gasteiger partial charge in [-0.05, 0) is 78.1 Å². The number of piperazine rings is 1. The van der Waals surface area contributed by atoms with E-state index < -0.39 is 17.7 Å². The second kappa shape index (κ2) is 11.2. The van der Waals surface area contributed by atoms with E-state index in [0.29, 0.717) is 25.7 Å². The number of rotatable bonds is 9. The zero-order valence-corrected chi connectivity index (χ0v) is 21.1. The van der Waals surface area contributed by atoms with Gasteiger partial charge in [0.25, 0.3) is 0 Å². The minimum absolute atomic E-state index is 0.0925. The Hall–Kier alpha value is -2.61. The van der Waals surface area contributed by atoms with Crippen LogP contribution in [0.1, 0.15) is 64.2 Å². The van der Waals surface area contributed by atoms with Gasteiger partial charge in [0.15, 0.2) is 5.78 Å². The number of benzene rings is 1. The lowest BCUT2D eigenvalue weighted by Crippen LogP contribution is -2.55. The van der Waals surface area contributed by atoms with Crippen LogP contribution < -0.4 is 10.1 Å². The van der Waals surface area contributed by atoms with Gasteiger partial charge in [-0.15, -0.1) is 0 Å². The van der Waals surface area contributed by atoms with E-state index in [0.717, 1.165) is 43.7 Å². The molecule has 8 nitrogen and oxygen atoms in total. The smallest absolute Gasteiger partial charge is 0.408 e. The Morgan fingerprint density at radius 1 is 1.03 bits per heavy atom. The summed E-state index contributed by atoms with van der Waals surface area (Å²) in [7, 11) is 0. The molecular formula is C26H39N3O5. The Kier molecular flexibility index (Phi) is 8.57. The van der Waals surface area contributed by atoms with E-state index in [1.165, 1.54) is 0 Å². The van der Waals surface area contributed by atoms with Gasteiger partial charge in [-0.25, -0.2) is 4.79 Å². The van der Waals surface area contributed by atoms with E-state index in [9.17, 15) is 14.4 Å². The van der Waals surface area contributed by atoms with Crippen molar-refractivity contribution in [3.8, 4) is 5.75 Å². The third-order valence-electron chi connectivity index (χ3n) is 6.24. The Balaban J connectivity index is 1.35. The fraction of sp³-hybridized carbons (Fsp3) is 0.654. The maximum absolute atomic E-state index is 12.7. The van der Waals surface area contributed by atoms with Crippen LogP contribution in [-0.4, -0.2) is 78.1 Å². The molecule has 0 radical (unpaired) electrons. The van der Waals surface area contributed by atoms with Crippen molar-refractivity contribution >= 4 is 17.8 Å². The maximum atomic E-state index is 12.7. The topological polar surface area (TPSA) is 88.2 Å². The summed E-state index contributed by atoms with van der Waals surface area (Å²) in [5, 5.41) is 2.63. The molecule has 34 heavy (non-hydrogen) atoms. The summed E-state index contributed by atoms with van der Waals surface area (Å²) in [5.41, 5.74) is 0.169. The van der Waals surface area contributed by atoms with Gasteiger partial charge in [-0.2, -0.15) is 0 Å². The molecule has 0 bridgehead atoms. The predicted octanol–water partition coefficient (Wildman–Crippen LogP) is 3.49. The second-order valence-electron chi connectivity index (χ2n) is 10.4. The average molecular weight is 474 g/mol. The molecule has 1 heterocycles. The number of nitrogens with one attached hydrogen (secondary N) is 1. The number of ether oxygens (including phenoxy) is 2. The molecule has 0 aromatic heterocycles. The van der Waals surface area contributed by atoms with Gasteiger partial charge in [0, 0.05) is 43.7 Å². The molecule has 1 N–H and O–H groups in total. The van der Waals surface area contributed by atoms with E-state index in [1.807, 2.05) is 24.3 Å². The lowest BCUT2D eigenvalue weighted by Gasteiger charge is -2.39. The Labute approximate surface area is 202 Å². The van der Waals surface area contributed by atoms with E-state index in [1.54, 1.807) is 32.6 Å². The number of hydrogen-bond acceptors (Lipinski definition) is 6. The van der Waals surface area contributed by atoms with Crippen LogP contribution in [0.4, 0.5) is 4.79 Å². The van der Waals surface area contributed by atoms with Crippen molar-refractivity contribution in [2.75, 3.05) is 32.8 Å². The van der Waals surface area contributed by atoms with Crippen LogP contribution in [0, 0.1) is 5.92 Å². The van der Waals surface area contributed by atoms with Crippen molar-refractivity contribution in [3.05, 3.63) is 29.8 Å². The predicted molar refractivity (Wildman–Crippen MR) is 130 cm³/mol. The number of nitrogens with zero attached hydrogens (tertiary/aromatic N) is 2. The number of amides is 2. The molecule has 2 aliphatic rings. The number of hydrogen-bond donors (Lipinski definition) is 1. The van der Waals surface area contributed by atoms with Gasteiger partial charge in [0.2, 0.25) is 5.91 Å². The summed E-state index contributed by atoms with van der Waals surface area (Å²) in [6.45, 7) is 12.6. The molecule has 2 fully saturated rings. The monoisotopic (exact) mass is 473 g/mol. The third-order valence-corrected chi connectivity index (χ3v) is 6.24. The van der Waals surface area contributed by atoms with Crippen molar-refractivity contribution < 1.29 is 23.9 Å². The normalized spacial score (nSPS) is 18.7. The van der Waals surface area contributed by atoms with Crippen molar-refractivity contribution in [3.63, 3.8) is 0 Å². The van der Waals surface area contributed by atoms with Crippen molar-refractivity contribution in [1.82, 2.24) is 15.1 Å². The number of carbonyl (C=O) groups excluding carboxylic acids is 3. The molecule has 8 heteroatoms. The molecule has 1 aliphatic carbocycles. The van der Waals surface area contributed by atoms with Crippen LogP contribution in [0.3, 0.4) is 0 Å². The molecule has 1 aliphatic heterocycles. The first-order valence-corrected chi connectivity index (χ1v) is 12.3. The average Bonchev–Trinajstić information content (AvgIpc) is 3.63. The Morgan fingerprint density at radius 3 is 2.21 bits per heavy atom. The molecule has 2 atom stereocenters. The highest BCUT2D eigenvalue weighted by Crippen LogP contribution is 2.32. The summed E-state index contributed by atoms with van der Waals surface area (Å²) in [6.07, 6.45) is 2.32. The zero-order valence-electron chi connectivity index (χ0n) is 21.1. The summed E-state index contributed by atoms with van der Waals surface area (Å²) >= 11 is 0. The number of carbonyl (C=O) groups is 3. The minimum atomic E-state index is -0.627. The molecule has 0 spiro atoms. The third kappa shape index (κ3) is 7.72. The van der Waals surface area contributed by atoms with Crippen LogP contribution in [0.15, 0.2) is 24.3 Å². The SMILES string of the molecule is C[C@@H](NC(=O)OC(C)(C)C)C(=O)N1CCN([C@@H](C)CCOc2ccc(C(=O)C3CC3)cc2)CC1. The summed E-state index contributed by atoms with van der Waals surface area (Å²) in [4.78, 5) is 40.9. The summed E-state index contributed by atoms with van der Waals surface area (Å²) in [5.74, 6) is 1.16. The van der Waals surface area contributed by atoms with Gasteiger partial charge in [-0.3, -0.25) is 14.5 Å². The molecule has 1 aromatic carbocycles. The Bertz CT molecular complexity index is 852. The highest BCUT2D eigenvalue weighted by atomic mass is 16.6. The largest absolute Gasteiger partial charge is 0.494 e. The number of alkyl carbamates (subject to hydrolysis) is 1. The van der Waals surface area contributed by atoms with Gasteiger partial charge in [-0.1, -0.05) is 0 Å². The van der Waals surface area contributed by atoms with Gasteiger partial charge in [0.1, 0.15) is 17.4 Å². The molecule has 0 unspecified atom stereocenters. The molecule has 1 saturated heterocycles. The molecule has 188 valence electrons. The van der Waals surface area contributed by atoms with E-state index in [-0.39, 0.29) is 17.6 Å². The number of Topliss-reactive ketones (excluding diaryl/α,β-unsaturated/α-hetero) is 1. The fourth-order valence-electron chi connectivity index (χ4n) is 4.03. The van der Waals surface area contributed by atoms with Gasteiger partial charge in [0.05, 0.1) is 6.61 Å². The zero-order chi connectivity index (χ0) is 24.9. The van der Waals surface area contributed by atoms with E-state index in [4.69, 9.17) is 9.47 Å². The molecule has 2 amide bonds. The lowest BCUT2D eigenvalue weighted by atomic mass is 10.1. The quantitative estimate of drug-likeness (QED) is 0.553. The second-order valence-corrected chi connectivity index (χ2v) is 10.4. The number of ketones is 1. The van der Waals surface area contributed by atoms with Crippen LogP contribution in [0.5, 0.6) is 5.75 Å². The van der Waals surface area contributed by atoms with Crippen molar-refractivity contribution in [2.24, 2.45) is 5.92 Å². The van der Waals surface area contributed by atoms with Crippen LogP contribution in [0.25, 0.3) is 0 Å². The molecular weight excluding hydrogens is 434 g/mol. The maximum Gasteiger partial charge on any atom is 0.408 e. The first-order valence-electron chi connectivity index (χ1n) is 12.3. The minimum Gasteiger partial charge on any atom is -0.494 e. The first-order chi connectivity index (χ1) is 16.0. The molecule has 1 aromatic rings. The van der Waals surface area contributed by atoms with Gasteiger partial charge < -0.3 is 19.7 Å². The molecule has 1 saturated carbocycles.